The van der Waals surface area contributed by atoms with Crippen molar-refractivity contribution in [2.45, 2.75) is 25.3 Å². The zero-order valence-electron chi connectivity index (χ0n) is 17.1. The summed E-state index contributed by atoms with van der Waals surface area (Å²) >= 11 is 9.50. The van der Waals surface area contributed by atoms with Crippen LogP contribution in [0.5, 0.6) is 0 Å². The van der Waals surface area contributed by atoms with Crippen molar-refractivity contribution in [3.05, 3.63) is 92.9 Å². The lowest BCUT2D eigenvalue weighted by Gasteiger charge is -2.22. The van der Waals surface area contributed by atoms with E-state index in [4.69, 9.17) is 11.6 Å². The predicted molar refractivity (Wildman–Crippen MR) is 128 cm³/mol. The molecule has 0 spiro atoms. The standard InChI is InChI=1S/C23H22BrClN2O3S/c1-16-6-12-20(13-7-16)31(29,30)27(14-18-8-10-19(24)11-9-18)15-23(28)26-22-5-3-4-21(25)17(22)2/h3-13H,14-15H2,1-2H3,(H,26,28). The molecule has 0 aliphatic rings. The molecule has 0 saturated heterocycles. The van der Waals surface area contributed by atoms with Crippen LogP contribution in [0.4, 0.5) is 5.69 Å². The number of rotatable bonds is 7. The molecular formula is C23H22BrClN2O3S. The molecule has 3 aromatic carbocycles. The Hall–Kier alpha value is -2.19. The van der Waals surface area contributed by atoms with Crippen LogP contribution in [0.25, 0.3) is 0 Å². The van der Waals surface area contributed by atoms with Gasteiger partial charge >= 0.3 is 0 Å². The first-order chi connectivity index (χ1) is 14.7. The third-order valence-electron chi connectivity index (χ3n) is 4.79. The molecule has 1 N–H and O–H groups in total. The largest absolute Gasteiger partial charge is 0.325 e. The highest BCUT2D eigenvalue weighted by molar-refractivity contribution is 9.10. The normalized spacial score (nSPS) is 11.5. The van der Waals surface area contributed by atoms with E-state index in [2.05, 4.69) is 21.2 Å². The highest BCUT2D eigenvalue weighted by Crippen LogP contribution is 2.24. The zero-order chi connectivity index (χ0) is 22.6. The topological polar surface area (TPSA) is 66.5 Å². The molecule has 162 valence electrons. The molecule has 0 radical (unpaired) electrons. The summed E-state index contributed by atoms with van der Waals surface area (Å²) in [6.07, 6.45) is 0. The average Bonchev–Trinajstić information content (AvgIpc) is 2.73. The molecule has 8 heteroatoms. The number of benzene rings is 3. The Labute approximate surface area is 196 Å². The molecule has 3 rings (SSSR count). The van der Waals surface area contributed by atoms with Crippen LogP contribution in [0.3, 0.4) is 0 Å². The van der Waals surface area contributed by atoms with Crippen molar-refractivity contribution >= 4 is 49.1 Å². The van der Waals surface area contributed by atoms with Gasteiger partial charge in [-0.1, -0.05) is 63.4 Å². The van der Waals surface area contributed by atoms with E-state index in [1.165, 1.54) is 4.31 Å². The van der Waals surface area contributed by atoms with Crippen molar-refractivity contribution in [2.75, 3.05) is 11.9 Å². The minimum absolute atomic E-state index is 0.0610. The Kier molecular flexibility index (Phi) is 7.54. The van der Waals surface area contributed by atoms with Gasteiger partial charge in [-0.3, -0.25) is 4.79 Å². The number of carbonyl (C=O) groups is 1. The van der Waals surface area contributed by atoms with Crippen LogP contribution in [0.15, 0.2) is 76.1 Å². The summed E-state index contributed by atoms with van der Waals surface area (Å²) in [7, 11) is -3.90. The summed E-state index contributed by atoms with van der Waals surface area (Å²) in [4.78, 5) is 12.9. The maximum atomic E-state index is 13.3. The maximum Gasteiger partial charge on any atom is 0.243 e. The van der Waals surface area contributed by atoms with Crippen LogP contribution >= 0.6 is 27.5 Å². The first-order valence-electron chi connectivity index (χ1n) is 9.53. The van der Waals surface area contributed by atoms with Gasteiger partial charge in [0.05, 0.1) is 11.4 Å². The van der Waals surface area contributed by atoms with E-state index in [0.717, 1.165) is 21.2 Å². The number of carbonyl (C=O) groups excluding carboxylic acids is 1. The first-order valence-corrected chi connectivity index (χ1v) is 12.1. The summed E-state index contributed by atoms with van der Waals surface area (Å²) in [6, 6.07) is 19.1. The molecule has 0 aliphatic carbocycles. The van der Waals surface area contributed by atoms with E-state index < -0.39 is 15.9 Å². The number of amides is 1. The maximum absolute atomic E-state index is 13.3. The fourth-order valence-corrected chi connectivity index (χ4v) is 4.79. The molecule has 1 amide bonds. The van der Waals surface area contributed by atoms with Gasteiger partial charge in [-0.25, -0.2) is 8.42 Å². The van der Waals surface area contributed by atoms with Gasteiger partial charge in [0, 0.05) is 21.7 Å². The number of halogens is 2. The highest BCUT2D eigenvalue weighted by atomic mass is 79.9. The van der Waals surface area contributed by atoms with Gasteiger partial charge in [-0.2, -0.15) is 4.31 Å². The molecule has 5 nitrogen and oxygen atoms in total. The highest BCUT2D eigenvalue weighted by Gasteiger charge is 2.27. The number of aryl methyl sites for hydroxylation is 1. The van der Waals surface area contributed by atoms with Gasteiger partial charge in [0.15, 0.2) is 0 Å². The third-order valence-corrected chi connectivity index (χ3v) is 7.54. The average molecular weight is 522 g/mol. The number of hydrogen-bond acceptors (Lipinski definition) is 3. The fourth-order valence-electron chi connectivity index (χ4n) is 2.97. The van der Waals surface area contributed by atoms with Crippen LogP contribution in [-0.4, -0.2) is 25.2 Å². The molecule has 3 aromatic rings. The smallest absolute Gasteiger partial charge is 0.243 e. The van der Waals surface area contributed by atoms with E-state index in [9.17, 15) is 13.2 Å². The molecule has 0 aromatic heterocycles. The van der Waals surface area contributed by atoms with Gasteiger partial charge in [-0.15, -0.1) is 0 Å². The lowest BCUT2D eigenvalue weighted by atomic mass is 10.2. The van der Waals surface area contributed by atoms with E-state index in [1.807, 2.05) is 31.2 Å². The predicted octanol–water partition coefficient (Wildman–Crippen LogP) is 5.55. The van der Waals surface area contributed by atoms with Crippen LogP contribution < -0.4 is 5.32 Å². The molecule has 31 heavy (non-hydrogen) atoms. The van der Waals surface area contributed by atoms with Gasteiger partial charge in [0.25, 0.3) is 0 Å². The van der Waals surface area contributed by atoms with Crippen molar-refractivity contribution in [3.8, 4) is 0 Å². The van der Waals surface area contributed by atoms with E-state index >= 15 is 0 Å². The van der Waals surface area contributed by atoms with Crippen LogP contribution in [0, 0.1) is 13.8 Å². The minimum Gasteiger partial charge on any atom is -0.325 e. The van der Waals surface area contributed by atoms with Gasteiger partial charge in [0.1, 0.15) is 0 Å². The SMILES string of the molecule is Cc1ccc(S(=O)(=O)N(CC(=O)Nc2cccc(Cl)c2C)Cc2ccc(Br)cc2)cc1. The van der Waals surface area contributed by atoms with Crippen molar-refractivity contribution in [3.63, 3.8) is 0 Å². The van der Waals surface area contributed by atoms with Gasteiger partial charge in [-0.05, 0) is 61.4 Å². The lowest BCUT2D eigenvalue weighted by Crippen LogP contribution is -2.37. The van der Waals surface area contributed by atoms with Crippen LogP contribution in [0.1, 0.15) is 16.7 Å². The van der Waals surface area contributed by atoms with Crippen LogP contribution in [0.2, 0.25) is 5.02 Å². The summed E-state index contributed by atoms with van der Waals surface area (Å²) in [5.41, 5.74) is 2.99. The second-order valence-electron chi connectivity index (χ2n) is 7.17. The monoisotopic (exact) mass is 520 g/mol. The summed E-state index contributed by atoms with van der Waals surface area (Å²) in [6.45, 7) is 3.40. The summed E-state index contributed by atoms with van der Waals surface area (Å²) in [5.74, 6) is -0.446. The van der Waals surface area contributed by atoms with Crippen molar-refractivity contribution < 1.29 is 13.2 Å². The number of hydrogen-bond donors (Lipinski definition) is 1. The molecule has 0 aliphatic heterocycles. The van der Waals surface area contributed by atoms with Crippen molar-refractivity contribution in [1.82, 2.24) is 4.31 Å². The molecular weight excluding hydrogens is 500 g/mol. The summed E-state index contributed by atoms with van der Waals surface area (Å²) < 4.78 is 28.7. The zero-order valence-corrected chi connectivity index (χ0v) is 20.3. The minimum atomic E-state index is -3.90. The van der Waals surface area contributed by atoms with E-state index in [-0.39, 0.29) is 18.0 Å². The van der Waals surface area contributed by atoms with E-state index in [1.54, 1.807) is 49.4 Å². The number of nitrogens with one attached hydrogen (secondary N) is 1. The Morgan fingerprint density at radius 1 is 1.00 bits per heavy atom. The third kappa shape index (κ3) is 5.95. The molecule has 0 unspecified atom stereocenters. The number of nitrogens with zero attached hydrogens (tertiary/aromatic N) is 1. The Balaban J connectivity index is 1.89. The molecule has 0 saturated carbocycles. The Morgan fingerprint density at radius 3 is 2.29 bits per heavy atom. The Bertz CT molecular complexity index is 1180. The Morgan fingerprint density at radius 2 is 1.65 bits per heavy atom. The van der Waals surface area contributed by atoms with Crippen molar-refractivity contribution in [2.24, 2.45) is 0 Å². The van der Waals surface area contributed by atoms with Gasteiger partial charge in [0.2, 0.25) is 15.9 Å². The number of sulfonamides is 1. The molecule has 0 atom stereocenters. The second-order valence-corrected chi connectivity index (χ2v) is 10.4. The summed E-state index contributed by atoms with van der Waals surface area (Å²) in [5, 5.41) is 3.30. The van der Waals surface area contributed by atoms with Crippen LogP contribution in [-0.2, 0) is 21.4 Å². The first kappa shape index (κ1) is 23.5. The second kappa shape index (κ2) is 9.96. The quantitative estimate of drug-likeness (QED) is 0.443. The van der Waals surface area contributed by atoms with E-state index in [0.29, 0.717) is 10.7 Å². The lowest BCUT2D eigenvalue weighted by molar-refractivity contribution is -0.116. The van der Waals surface area contributed by atoms with Gasteiger partial charge < -0.3 is 5.32 Å². The fraction of sp³-hybridized carbons (Fsp3) is 0.174. The van der Waals surface area contributed by atoms with Crippen molar-refractivity contribution in [1.29, 1.82) is 0 Å². The number of anilines is 1. The molecule has 0 fully saturated rings. The molecule has 0 heterocycles. The molecule has 0 bridgehead atoms.